The fraction of sp³-hybridized carbons (Fsp3) is 0.0667. The van der Waals surface area contributed by atoms with Gasteiger partial charge in [0.2, 0.25) is 0 Å². The number of nitrogens with zero attached hydrogens (tertiary/aromatic N) is 1. The maximum atomic E-state index is 11.9. The van der Waals surface area contributed by atoms with Gasteiger partial charge in [0.1, 0.15) is 11.4 Å². The highest BCUT2D eigenvalue weighted by molar-refractivity contribution is 7.13. The molecular formula is C15H13N3O2S. The predicted molar refractivity (Wildman–Crippen MR) is 82.7 cm³/mol. The van der Waals surface area contributed by atoms with E-state index < -0.39 is 0 Å². The molecule has 0 saturated heterocycles. The molecule has 0 spiro atoms. The Bertz CT molecular complexity index is 774. The van der Waals surface area contributed by atoms with E-state index in [1.807, 2.05) is 36.7 Å². The zero-order valence-electron chi connectivity index (χ0n) is 11.3. The van der Waals surface area contributed by atoms with Crippen LogP contribution in [-0.4, -0.2) is 21.0 Å². The van der Waals surface area contributed by atoms with Crippen LogP contribution in [0.15, 0.2) is 42.0 Å². The molecule has 0 unspecified atom stereocenters. The second-order valence-electron chi connectivity index (χ2n) is 4.57. The van der Waals surface area contributed by atoms with E-state index in [9.17, 15) is 9.90 Å². The number of aromatic amines is 1. The van der Waals surface area contributed by atoms with Gasteiger partial charge < -0.3 is 15.4 Å². The highest BCUT2D eigenvalue weighted by Gasteiger charge is 2.09. The minimum absolute atomic E-state index is 0.0381. The third kappa shape index (κ3) is 2.80. The molecule has 0 radical (unpaired) electrons. The number of hydrogen-bond donors (Lipinski definition) is 3. The zero-order chi connectivity index (χ0) is 14.8. The van der Waals surface area contributed by atoms with Crippen molar-refractivity contribution in [2.75, 3.05) is 5.32 Å². The lowest BCUT2D eigenvalue weighted by Gasteiger charge is -2.05. The molecular weight excluding hydrogens is 286 g/mol. The van der Waals surface area contributed by atoms with Crippen molar-refractivity contribution in [3.8, 4) is 16.2 Å². The average molecular weight is 299 g/mol. The molecule has 0 bridgehead atoms. The van der Waals surface area contributed by atoms with Gasteiger partial charge in [-0.3, -0.25) is 4.79 Å². The van der Waals surface area contributed by atoms with E-state index in [1.165, 1.54) is 12.3 Å². The maximum Gasteiger partial charge on any atom is 0.272 e. The van der Waals surface area contributed by atoms with Gasteiger partial charge in [-0.2, -0.15) is 0 Å². The van der Waals surface area contributed by atoms with Gasteiger partial charge in [-0.05, 0) is 24.6 Å². The van der Waals surface area contributed by atoms with Crippen LogP contribution in [0.3, 0.4) is 0 Å². The number of benzene rings is 1. The van der Waals surface area contributed by atoms with Crippen molar-refractivity contribution in [3.63, 3.8) is 0 Å². The van der Waals surface area contributed by atoms with Gasteiger partial charge in [-0.1, -0.05) is 12.1 Å². The highest BCUT2D eigenvalue weighted by Crippen LogP contribution is 2.28. The molecule has 0 aliphatic carbocycles. The Morgan fingerprint density at radius 3 is 2.67 bits per heavy atom. The summed E-state index contributed by atoms with van der Waals surface area (Å²) in [4.78, 5) is 20.0. The van der Waals surface area contributed by atoms with Gasteiger partial charge in [0, 0.05) is 18.0 Å². The molecule has 2 heterocycles. The number of aromatic nitrogens is 2. The normalized spacial score (nSPS) is 10.5. The SMILES string of the molecule is Cc1ncsc1-c1ccc(NC(=O)c2cc(O)c[nH]2)cc1. The molecule has 0 fully saturated rings. The molecule has 1 amide bonds. The van der Waals surface area contributed by atoms with Gasteiger partial charge in [-0.25, -0.2) is 4.98 Å². The summed E-state index contributed by atoms with van der Waals surface area (Å²) in [6.07, 6.45) is 1.37. The predicted octanol–water partition coefficient (Wildman–Crippen LogP) is 3.40. The lowest BCUT2D eigenvalue weighted by atomic mass is 10.1. The number of aryl methyl sites for hydroxylation is 1. The minimum Gasteiger partial charge on any atom is -0.506 e. The molecule has 0 aliphatic heterocycles. The fourth-order valence-electron chi connectivity index (χ4n) is 2.00. The Morgan fingerprint density at radius 2 is 2.10 bits per heavy atom. The number of carbonyl (C=O) groups is 1. The number of H-pyrrole nitrogens is 1. The number of thiazole rings is 1. The summed E-state index contributed by atoms with van der Waals surface area (Å²) >= 11 is 1.59. The number of carbonyl (C=O) groups excluding carboxylic acids is 1. The topological polar surface area (TPSA) is 78.0 Å². The molecule has 3 aromatic rings. The second kappa shape index (κ2) is 5.41. The van der Waals surface area contributed by atoms with Crippen LogP contribution in [0.4, 0.5) is 5.69 Å². The first-order valence-corrected chi connectivity index (χ1v) is 7.21. The van der Waals surface area contributed by atoms with Crippen LogP contribution in [0, 0.1) is 6.92 Å². The summed E-state index contributed by atoms with van der Waals surface area (Å²) in [7, 11) is 0. The average Bonchev–Trinajstić information content (AvgIpc) is 3.08. The van der Waals surface area contributed by atoms with Crippen molar-refractivity contribution in [1.82, 2.24) is 9.97 Å². The van der Waals surface area contributed by atoms with Crippen molar-refractivity contribution in [3.05, 3.63) is 53.4 Å². The summed E-state index contributed by atoms with van der Waals surface area (Å²) in [5.41, 5.74) is 4.90. The maximum absolute atomic E-state index is 11.9. The van der Waals surface area contributed by atoms with Crippen molar-refractivity contribution in [2.45, 2.75) is 6.92 Å². The van der Waals surface area contributed by atoms with E-state index in [2.05, 4.69) is 15.3 Å². The molecule has 1 aromatic carbocycles. The summed E-state index contributed by atoms with van der Waals surface area (Å²) in [5, 5.41) is 12.0. The van der Waals surface area contributed by atoms with Crippen molar-refractivity contribution in [2.24, 2.45) is 0 Å². The van der Waals surface area contributed by atoms with Gasteiger partial charge in [-0.15, -0.1) is 11.3 Å². The lowest BCUT2D eigenvalue weighted by molar-refractivity contribution is 0.102. The standard InChI is InChI=1S/C15H13N3O2S/c1-9-14(21-8-17-9)10-2-4-11(5-3-10)18-15(20)13-6-12(19)7-16-13/h2-8,16,19H,1H3,(H,18,20). The second-order valence-corrected chi connectivity index (χ2v) is 5.42. The fourth-order valence-corrected chi connectivity index (χ4v) is 2.81. The van der Waals surface area contributed by atoms with Gasteiger partial charge in [0.25, 0.3) is 5.91 Å². The summed E-state index contributed by atoms with van der Waals surface area (Å²) in [6, 6.07) is 8.96. The zero-order valence-corrected chi connectivity index (χ0v) is 12.1. The van der Waals surface area contributed by atoms with Crippen LogP contribution in [0.5, 0.6) is 5.75 Å². The lowest BCUT2D eigenvalue weighted by Crippen LogP contribution is -2.11. The largest absolute Gasteiger partial charge is 0.506 e. The number of rotatable bonds is 3. The van der Waals surface area contributed by atoms with Crippen LogP contribution < -0.4 is 5.32 Å². The Balaban J connectivity index is 1.76. The first kappa shape index (κ1) is 13.4. The molecule has 0 atom stereocenters. The van der Waals surface area contributed by atoms with E-state index in [0.29, 0.717) is 11.4 Å². The summed E-state index contributed by atoms with van der Waals surface area (Å²) in [6.45, 7) is 1.97. The van der Waals surface area contributed by atoms with E-state index in [-0.39, 0.29) is 11.7 Å². The minimum atomic E-state index is -0.294. The molecule has 3 N–H and O–H groups in total. The molecule has 106 valence electrons. The molecule has 21 heavy (non-hydrogen) atoms. The van der Waals surface area contributed by atoms with Gasteiger partial charge in [0.15, 0.2) is 0 Å². The Kier molecular flexibility index (Phi) is 3.45. The van der Waals surface area contributed by atoms with Crippen molar-refractivity contribution in [1.29, 1.82) is 0 Å². The highest BCUT2D eigenvalue weighted by atomic mass is 32.1. The number of hydrogen-bond acceptors (Lipinski definition) is 4. The van der Waals surface area contributed by atoms with Crippen molar-refractivity contribution < 1.29 is 9.90 Å². The van der Waals surface area contributed by atoms with E-state index >= 15 is 0 Å². The third-order valence-electron chi connectivity index (χ3n) is 3.06. The Hall–Kier alpha value is -2.60. The van der Waals surface area contributed by atoms with E-state index in [4.69, 9.17) is 0 Å². The Morgan fingerprint density at radius 1 is 1.33 bits per heavy atom. The van der Waals surface area contributed by atoms with Crippen molar-refractivity contribution >= 4 is 22.9 Å². The molecule has 2 aromatic heterocycles. The molecule has 3 rings (SSSR count). The van der Waals surface area contributed by atoms with Crippen LogP contribution >= 0.6 is 11.3 Å². The van der Waals surface area contributed by atoms with Gasteiger partial charge in [0.05, 0.1) is 16.1 Å². The number of amides is 1. The van der Waals surface area contributed by atoms with Crippen LogP contribution in [0.1, 0.15) is 16.2 Å². The number of aromatic hydroxyl groups is 1. The van der Waals surface area contributed by atoms with E-state index in [0.717, 1.165) is 16.1 Å². The summed E-state index contributed by atoms with van der Waals surface area (Å²) in [5.74, 6) is -0.256. The molecule has 6 heteroatoms. The van der Waals surface area contributed by atoms with Crippen LogP contribution in [-0.2, 0) is 0 Å². The third-order valence-corrected chi connectivity index (χ3v) is 4.04. The smallest absolute Gasteiger partial charge is 0.272 e. The monoisotopic (exact) mass is 299 g/mol. The van der Waals surface area contributed by atoms with Crippen LogP contribution in [0.25, 0.3) is 10.4 Å². The quantitative estimate of drug-likeness (QED) is 0.693. The first-order valence-electron chi connectivity index (χ1n) is 6.33. The molecule has 5 nitrogen and oxygen atoms in total. The molecule has 0 aliphatic rings. The summed E-state index contributed by atoms with van der Waals surface area (Å²) < 4.78 is 0. The molecule has 0 saturated carbocycles. The number of nitrogens with one attached hydrogen (secondary N) is 2. The Labute approximate surface area is 125 Å². The number of anilines is 1. The van der Waals surface area contributed by atoms with Gasteiger partial charge >= 0.3 is 0 Å². The van der Waals surface area contributed by atoms with Crippen LogP contribution in [0.2, 0.25) is 0 Å². The van der Waals surface area contributed by atoms with E-state index in [1.54, 1.807) is 11.3 Å². The first-order chi connectivity index (χ1) is 10.1.